The summed E-state index contributed by atoms with van der Waals surface area (Å²) in [6.45, 7) is 0.864. The Kier molecular flexibility index (Phi) is 5.04. The molecule has 2 aromatic carbocycles. The molecular weight excluding hydrogens is 366 g/mol. The van der Waals surface area contributed by atoms with E-state index in [-0.39, 0.29) is 0 Å². The lowest BCUT2D eigenvalue weighted by molar-refractivity contribution is 0.767. The van der Waals surface area contributed by atoms with E-state index >= 15 is 0 Å². The van der Waals surface area contributed by atoms with E-state index in [0.717, 1.165) is 34.5 Å². The summed E-state index contributed by atoms with van der Waals surface area (Å²) in [5.41, 5.74) is 2.01. The maximum absolute atomic E-state index is 6.02. The molecular formula is C19H16ClN5S. The van der Waals surface area contributed by atoms with Crippen molar-refractivity contribution >= 4 is 23.4 Å². The largest absolute Gasteiger partial charge is 0.337 e. The first-order valence-electron chi connectivity index (χ1n) is 8.16. The Bertz CT molecular complexity index is 965. The van der Waals surface area contributed by atoms with Crippen LogP contribution in [0.5, 0.6) is 0 Å². The number of thioether (sulfide) groups is 1. The van der Waals surface area contributed by atoms with Crippen molar-refractivity contribution in [2.45, 2.75) is 11.7 Å². The molecule has 0 fully saturated rings. The zero-order chi connectivity index (χ0) is 17.8. The normalized spacial score (nSPS) is 11.0. The zero-order valence-corrected chi connectivity index (χ0v) is 15.4. The third kappa shape index (κ3) is 3.66. The second-order valence-corrected chi connectivity index (χ2v) is 7.13. The van der Waals surface area contributed by atoms with Gasteiger partial charge in [-0.15, -0.1) is 10.2 Å². The average molecular weight is 382 g/mol. The molecule has 7 heteroatoms. The van der Waals surface area contributed by atoms with Gasteiger partial charge < -0.3 is 4.57 Å². The van der Waals surface area contributed by atoms with Gasteiger partial charge in [0.25, 0.3) is 0 Å². The van der Waals surface area contributed by atoms with Crippen LogP contribution in [0, 0.1) is 0 Å². The number of hydrogen-bond acceptors (Lipinski definition) is 4. The molecule has 130 valence electrons. The Morgan fingerprint density at radius 3 is 2.50 bits per heavy atom. The van der Waals surface area contributed by atoms with Gasteiger partial charge in [-0.2, -0.15) is 0 Å². The quantitative estimate of drug-likeness (QED) is 0.459. The van der Waals surface area contributed by atoms with Crippen molar-refractivity contribution in [2.75, 3.05) is 5.75 Å². The smallest absolute Gasteiger partial charge is 0.196 e. The van der Waals surface area contributed by atoms with Crippen molar-refractivity contribution in [3.8, 4) is 17.1 Å². The topological polar surface area (TPSA) is 48.5 Å². The molecule has 2 heterocycles. The second kappa shape index (κ2) is 7.76. The van der Waals surface area contributed by atoms with Gasteiger partial charge in [-0.25, -0.2) is 4.98 Å². The van der Waals surface area contributed by atoms with E-state index in [2.05, 4.69) is 36.4 Å². The van der Waals surface area contributed by atoms with Gasteiger partial charge in [0.15, 0.2) is 11.0 Å². The molecule has 0 N–H and O–H groups in total. The minimum atomic E-state index is 0.703. The predicted molar refractivity (Wildman–Crippen MR) is 105 cm³/mol. The summed E-state index contributed by atoms with van der Waals surface area (Å²) in [6.07, 6.45) is 5.57. The molecule has 0 saturated carbocycles. The minimum absolute atomic E-state index is 0.703. The van der Waals surface area contributed by atoms with Crippen molar-refractivity contribution in [1.82, 2.24) is 24.3 Å². The first-order chi connectivity index (χ1) is 12.8. The fraction of sp³-hybridized carbons (Fsp3) is 0.105. The molecule has 0 amide bonds. The van der Waals surface area contributed by atoms with Crippen LogP contribution in [0.2, 0.25) is 5.02 Å². The molecule has 0 spiro atoms. The third-order valence-corrected chi connectivity index (χ3v) is 5.05. The summed E-state index contributed by atoms with van der Waals surface area (Å²) in [5, 5.41) is 10.4. The van der Waals surface area contributed by atoms with E-state index in [0.29, 0.717) is 5.02 Å². The van der Waals surface area contributed by atoms with E-state index in [1.54, 1.807) is 18.0 Å². The van der Waals surface area contributed by atoms with Gasteiger partial charge in [-0.3, -0.25) is 4.57 Å². The van der Waals surface area contributed by atoms with Gasteiger partial charge in [0.05, 0.1) is 6.33 Å². The van der Waals surface area contributed by atoms with Crippen LogP contribution in [0.25, 0.3) is 17.1 Å². The lowest BCUT2D eigenvalue weighted by Gasteiger charge is -2.10. The van der Waals surface area contributed by atoms with Gasteiger partial charge in [0, 0.05) is 41.0 Å². The van der Waals surface area contributed by atoms with Crippen LogP contribution in [-0.2, 0) is 6.54 Å². The first-order valence-corrected chi connectivity index (χ1v) is 9.53. The molecule has 4 aromatic rings. The Morgan fingerprint density at radius 1 is 0.962 bits per heavy atom. The summed E-state index contributed by atoms with van der Waals surface area (Å²) in [4.78, 5) is 4.07. The summed E-state index contributed by atoms with van der Waals surface area (Å²) in [7, 11) is 0. The van der Waals surface area contributed by atoms with Crippen LogP contribution in [0.1, 0.15) is 0 Å². The van der Waals surface area contributed by atoms with E-state index in [1.165, 1.54) is 0 Å². The molecule has 26 heavy (non-hydrogen) atoms. The van der Waals surface area contributed by atoms with Crippen LogP contribution >= 0.6 is 23.4 Å². The molecule has 0 radical (unpaired) electrons. The van der Waals surface area contributed by atoms with Crippen LogP contribution in [0.3, 0.4) is 0 Å². The summed E-state index contributed by atoms with van der Waals surface area (Å²) in [5.74, 6) is 1.68. The molecule has 5 nitrogen and oxygen atoms in total. The summed E-state index contributed by atoms with van der Waals surface area (Å²) >= 11 is 7.70. The lowest BCUT2D eigenvalue weighted by Crippen LogP contribution is -2.02. The number of halogens is 1. The maximum Gasteiger partial charge on any atom is 0.196 e. The van der Waals surface area contributed by atoms with Crippen LogP contribution in [0.4, 0.5) is 0 Å². The number of para-hydroxylation sites is 1. The van der Waals surface area contributed by atoms with Crippen LogP contribution in [0.15, 0.2) is 78.5 Å². The van der Waals surface area contributed by atoms with Gasteiger partial charge in [0.1, 0.15) is 0 Å². The molecule has 0 aliphatic rings. The highest BCUT2D eigenvalue weighted by Gasteiger charge is 2.16. The van der Waals surface area contributed by atoms with E-state index in [4.69, 9.17) is 11.6 Å². The summed E-state index contributed by atoms with van der Waals surface area (Å²) < 4.78 is 4.14. The highest BCUT2D eigenvalue weighted by atomic mass is 35.5. The van der Waals surface area contributed by atoms with Crippen LogP contribution < -0.4 is 0 Å². The molecule has 0 aliphatic carbocycles. The maximum atomic E-state index is 6.02. The van der Waals surface area contributed by atoms with E-state index in [1.807, 2.05) is 55.0 Å². The van der Waals surface area contributed by atoms with Crippen molar-refractivity contribution in [3.63, 3.8) is 0 Å². The Labute approximate surface area is 160 Å². The predicted octanol–water partition coefficient (Wildman–Crippen LogP) is 4.58. The fourth-order valence-electron chi connectivity index (χ4n) is 2.62. The van der Waals surface area contributed by atoms with Crippen molar-refractivity contribution in [2.24, 2.45) is 0 Å². The number of hydrogen-bond donors (Lipinski definition) is 0. The molecule has 4 rings (SSSR count). The Morgan fingerprint density at radius 2 is 1.77 bits per heavy atom. The Balaban J connectivity index is 1.66. The SMILES string of the molecule is Clc1ccc(-c2nnc(SCCn3ccnc3)n2-c2ccccc2)cc1. The molecule has 0 saturated heterocycles. The van der Waals surface area contributed by atoms with Crippen molar-refractivity contribution in [3.05, 3.63) is 78.3 Å². The first kappa shape index (κ1) is 16.9. The van der Waals surface area contributed by atoms with Crippen molar-refractivity contribution in [1.29, 1.82) is 0 Å². The minimum Gasteiger partial charge on any atom is -0.337 e. The number of nitrogens with zero attached hydrogens (tertiary/aromatic N) is 5. The number of aromatic nitrogens is 5. The number of aryl methyl sites for hydroxylation is 1. The number of benzene rings is 2. The number of rotatable bonds is 6. The highest BCUT2D eigenvalue weighted by molar-refractivity contribution is 7.99. The van der Waals surface area contributed by atoms with Gasteiger partial charge >= 0.3 is 0 Å². The Hall–Kier alpha value is -2.57. The molecule has 0 aliphatic heterocycles. The van der Waals surface area contributed by atoms with Gasteiger partial charge in [-0.1, -0.05) is 41.6 Å². The molecule has 0 unspecified atom stereocenters. The van der Waals surface area contributed by atoms with E-state index in [9.17, 15) is 0 Å². The third-order valence-electron chi connectivity index (χ3n) is 3.89. The number of imidazole rings is 1. The second-order valence-electron chi connectivity index (χ2n) is 5.63. The average Bonchev–Trinajstić information content (AvgIpc) is 3.33. The van der Waals surface area contributed by atoms with Gasteiger partial charge in [-0.05, 0) is 36.4 Å². The lowest BCUT2D eigenvalue weighted by atomic mass is 10.2. The standard InChI is InChI=1S/C19H16ClN5S/c20-16-8-6-15(7-9-16)18-22-23-19(25(18)17-4-2-1-3-5-17)26-13-12-24-11-10-21-14-24/h1-11,14H,12-13H2. The van der Waals surface area contributed by atoms with Gasteiger partial charge in [0.2, 0.25) is 0 Å². The van der Waals surface area contributed by atoms with Crippen LogP contribution in [-0.4, -0.2) is 30.1 Å². The van der Waals surface area contributed by atoms with Crippen molar-refractivity contribution < 1.29 is 0 Å². The zero-order valence-electron chi connectivity index (χ0n) is 13.9. The molecule has 0 bridgehead atoms. The summed E-state index contributed by atoms with van der Waals surface area (Å²) in [6, 6.07) is 17.8. The highest BCUT2D eigenvalue weighted by Crippen LogP contribution is 2.28. The monoisotopic (exact) mass is 381 g/mol. The fourth-order valence-corrected chi connectivity index (χ4v) is 3.65. The molecule has 0 atom stereocenters. The molecule has 2 aromatic heterocycles. The van der Waals surface area contributed by atoms with E-state index < -0.39 is 0 Å².